The smallest absolute Gasteiger partial charge is 0.227 e. The van der Waals surface area contributed by atoms with E-state index < -0.39 is 11.6 Å². The molecule has 2 aliphatic heterocycles. The monoisotopic (exact) mass is 406 g/mol. The van der Waals surface area contributed by atoms with Crippen LogP contribution in [0.25, 0.3) is 5.70 Å². The topological polar surface area (TPSA) is 38.8 Å². The van der Waals surface area contributed by atoms with Crippen molar-refractivity contribution in [3.8, 4) is 6.07 Å². The second-order valence-electron chi connectivity index (χ2n) is 8.13. The highest BCUT2D eigenvalue weighted by Crippen LogP contribution is 2.34. The number of nitrogens with one attached hydrogen (secondary N) is 1. The normalized spacial score (nSPS) is 23.7. The second kappa shape index (κ2) is 8.39. The van der Waals surface area contributed by atoms with Gasteiger partial charge in [-0.1, -0.05) is 25.1 Å². The summed E-state index contributed by atoms with van der Waals surface area (Å²) in [6, 6.07) is 13.8. The Kier molecular flexibility index (Phi) is 5.67. The van der Waals surface area contributed by atoms with E-state index in [2.05, 4.69) is 35.9 Å². The van der Waals surface area contributed by atoms with Crippen molar-refractivity contribution >= 4 is 11.4 Å². The lowest BCUT2D eigenvalue weighted by Gasteiger charge is -2.30. The summed E-state index contributed by atoms with van der Waals surface area (Å²) in [7, 11) is 0. The first-order valence-electron chi connectivity index (χ1n) is 10.6. The van der Waals surface area contributed by atoms with Gasteiger partial charge in [-0.15, -0.1) is 0 Å². The number of benzene rings is 2. The summed E-state index contributed by atoms with van der Waals surface area (Å²) in [5, 5.41) is 12.7. The number of hydrogen-bond acceptors (Lipinski definition) is 2. The highest BCUT2D eigenvalue weighted by Gasteiger charge is 2.38. The molecule has 30 heavy (non-hydrogen) atoms. The number of halogens is 2. The second-order valence-corrected chi connectivity index (χ2v) is 8.13. The molecule has 2 heterocycles. The molecule has 0 amide bonds. The lowest BCUT2D eigenvalue weighted by Crippen LogP contribution is -2.48. The third-order valence-electron chi connectivity index (χ3n) is 6.29. The standard InChI is InChI=1S/C25H26F2N3/c1-3-21-10-8-19(22-11-9-20(26)14-23(22)27)13-25-29-24(12-16(2)30(21)25)18-6-4-17(15-28)5-7-18/h4-7,9,11-12,14,16,19,25,29H,3,8,10,13H2,1-2H3/q+1. The summed E-state index contributed by atoms with van der Waals surface area (Å²) in [5.74, 6) is -0.983. The summed E-state index contributed by atoms with van der Waals surface area (Å²) in [6.45, 7) is 4.35. The van der Waals surface area contributed by atoms with E-state index in [4.69, 9.17) is 5.26 Å². The fourth-order valence-corrected chi connectivity index (χ4v) is 4.82. The largest absolute Gasteiger partial charge is 0.328 e. The molecule has 1 N–H and O–H groups in total. The zero-order valence-corrected chi connectivity index (χ0v) is 17.3. The number of hydrogen-bond donors (Lipinski definition) is 1. The highest BCUT2D eigenvalue weighted by atomic mass is 19.1. The van der Waals surface area contributed by atoms with Crippen LogP contribution < -0.4 is 5.32 Å². The van der Waals surface area contributed by atoms with E-state index in [-0.39, 0.29) is 18.1 Å². The Hall–Kier alpha value is -3.00. The number of nitriles is 1. The van der Waals surface area contributed by atoms with Crippen molar-refractivity contribution in [3.05, 3.63) is 76.9 Å². The van der Waals surface area contributed by atoms with Gasteiger partial charge in [0.25, 0.3) is 0 Å². The van der Waals surface area contributed by atoms with Crippen LogP contribution in [0, 0.1) is 23.0 Å². The van der Waals surface area contributed by atoms with Gasteiger partial charge in [0.1, 0.15) is 11.6 Å². The van der Waals surface area contributed by atoms with Crippen LogP contribution in [0.5, 0.6) is 0 Å². The van der Waals surface area contributed by atoms with Crippen LogP contribution in [0.15, 0.2) is 48.5 Å². The van der Waals surface area contributed by atoms with Crippen molar-refractivity contribution in [1.82, 2.24) is 5.32 Å². The van der Waals surface area contributed by atoms with Crippen LogP contribution in [0.1, 0.15) is 62.1 Å². The van der Waals surface area contributed by atoms with Gasteiger partial charge in [0.15, 0.2) is 11.8 Å². The fourth-order valence-electron chi connectivity index (χ4n) is 4.82. The molecule has 154 valence electrons. The van der Waals surface area contributed by atoms with Crippen LogP contribution in [-0.2, 0) is 0 Å². The Morgan fingerprint density at radius 2 is 1.93 bits per heavy atom. The molecule has 0 saturated heterocycles. The van der Waals surface area contributed by atoms with E-state index in [1.165, 1.54) is 11.8 Å². The first-order valence-corrected chi connectivity index (χ1v) is 10.6. The molecule has 4 rings (SSSR count). The maximum Gasteiger partial charge on any atom is 0.227 e. The average molecular weight is 407 g/mol. The Balaban J connectivity index is 1.68. The SMILES string of the molecule is CCC1=[N+]2C(C)C=C(c3ccc(C#N)cc3)NC2CC(c2ccc(F)cc2F)CC1. The Bertz CT molecular complexity index is 1050. The molecule has 2 aromatic carbocycles. The Morgan fingerprint density at radius 3 is 2.60 bits per heavy atom. The molecule has 0 spiro atoms. The van der Waals surface area contributed by atoms with Gasteiger partial charge in [0, 0.05) is 44.0 Å². The van der Waals surface area contributed by atoms with Gasteiger partial charge >= 0.3 is 0 Å². The van der Waals surface area contributed by atoms with Gasteiger partial charge in [-0.25, -0.2) is 13.4 Å². The van der Waals surface area contributed by atoms with Crippen molar-refractivity contribution in [2.24, 2.45) is 0 Å². The van der Waals surface area contributed by atoms with Gasteiger partial charge in [0.2, 0.25) is 6.17 Å². The first kappa shape index (κ1) is 20.3. The van der Waals surface area contributed by atoms with Crippen LogP contribution in [-0.4, -0.2) is 22.5 Å². The molecule has 0 saturated carbocycles. The first-order chi connectivity index (χ1) is 14.5. The molecule has 2 aliphatic rings. The van der Waals surface area contributed by atoms with E-state index in [0.717, 1.165) is 43.0 Å². The Labute approximate surface area is 176 Å². The van der Waals surface area contributed by atoms with Gasteiger partial charge in [-0.05, 0) is 41.7 Å². The van der Waals surface area contributed by atoms with Crippen molar-refractivity contribution < 1.29 is 13.4 Å². The predicted octanol–water partition coefficient (Wildman–Crippen LogP) is 5.33. The zero-order valence-electron chi connectivity index (χ0n) is 17.3. The van der Waals surface area contributed by atoms with Gasteiger partial charge in [0.05, 0.1) is 11.6 Å². The molecule has 0 fully saturated rings. The van der Waals surface area contributed by atoms with Crippen molar-refractivity contribution in [2.45, 2.75) is 57.7 Å². The van der Waals surface area contributed by atoms with Crippen LogP contribution in [0.2, 0.25) is 0 Å². The lowest BCUT2D eigenvalue weighted by molar-refractivity contribution is -0.596. The number of nitrogens with zero attached hydrogens (tertiary/aromatic N) is 2. The molecular weight excluding hydrogens is 380 g/mol. The van der Waals surface area contributed by atoms with Crippen LogP contribution in [0.4, 0.5) is 8.78 Å². The van der Waals surface area contributed by atoms with E-state index in [1.54, 1.807) is 6.07 Å². The maximum absolute atomic E-state index is 14.5. The van der Waals surface area contributed by atoms with Crippen LogP contribution in [0.3, 0.4) is 0 Å². The molecular formula is C25H26F2N3+. The number of fused-ring (bicyclic) bond motifs is 1. The summed E-state index contributed by atoms with van der Waals surface area (Å²) in [4.78, 5) is 0. The van der Waals surface area contributed by atoms with Gasteiger partial charge < -0.3 is 5.32 Å². The molecule has 5 heteroatoms. The molecule has 3 nitrogen and oxygen atoms in total. The molecule has 2 aromatic rings. The molecule has 0 aliphatic carbocycles. The van der Waals surface area contributed by atoms with Gasteiger partial charge in [-0.3, -0.25) is 0 Å². The van der Waals surface area contributed by atoms with E-state index in [1.807, 2.05) is 24.3 Å². The van der Waals surface area contributed by atoms with Gasteiger partial charge in [-0.2, -0.15) is 5.26 Å². The van der Waals surface area contributed by atoms with Crippen LogP contribution >= 0.6 is 0 Å². The average Bonchev–Trinajstić information content (AvgIpc) is 2.93. The van der Waals surface area contributed by atoms with Crippen molar-refractivity contribution in [1.29, 1.82) is 5.26 Å². The third-order valence-corrected chi connectivity index (χ3v) is 6.29. The summed E-state index contributed by atoms with van der Waals surface area (Å²) >= 11 is 0. The van der Waals surface area contributed by atoms with E-state index >= 15 is 0 Å². The minimum Gasteiger partial charge on any atom is -0.328 e. The van der Waals surface area contributed by atoms with E-state index in [0.29, 0.717) is 11.1 Å². The summed E-state index contributed by atoms with van der Waals surface area (Å²) in [6.07, 6.45) is 5.68. The molecule has 3 atom stereocenters. The van der Waals surface area contributed by atoms with E-state index in [9.17, 15) is 8.78 Å². The molecule has 0 radical (unpaired) electrons. The third kappa shape index (κ3) is 3.87. The van der Waals surface area contributed by atoms with Crippen molar-refractivity contribution in [2.75, 3.05) is 0 Å². The minimum absolute atomic E-state index is 0.0159. The molecule has 3 unspecified atom stereocenters. The minimum atomic E-state index is -0.539. The molecule has 0 aromatic heterocycles. The maximum atomic E-state index is 14.5. The predicted molar refractivity (Wildman–Crippen MR) is 114 cm³/mol. The summed E-state index contributed by atoms with van der Waals surface area (Å²) in [5.41, 5.74) is 4.65. The Morgan fingerprint density at radius 1 is 1.17 bits per heavy atom. The number of rotatable bonds is 3. The fraction of sp³-hybridized carbons (Fsp3) is 0.360. The summed E-state index contributed by atoms with van der Waals surface area (Å²) < 4.78 is 30.4. The highest BCUT2D eigenvalue weighted by molar-refractivity contribution is 5.80. The quantitative estimate of drug-likeness (QED) is 0.700. The van der Waals surface area contributed by atoms with Crippen molar-refractivity contribution in [3.63, 3.8) is 0 Å². The lowest BCUT2D eigenvalue weighted by atomic mass is 9.89. The zero-order chi connectivity index (χ0) is 21.3. The molecule has 0 bridgehead atoms.